The highest BCUT2D eigenvalue weighted by molar-refractivity contribution is 14.1. The van der Waals surface area contributed by atoms with E-state index in [1.165, 1.54) is 4.90 Å². The van der Waals surface area contributed by atoms with Gasteiger partial charge in [-0.25, -0.2) is 0 Å². The number of hydrogen-bond acceptors (Lipinski definition) is 2. The second-order valence-corrected chi connectivity index (χ2v) is 5.90. The first-order valence-electron chi connectivity index (χ1n) is 6.79. The van der Waals surface area contributed by atoms with Crippen LogP contribution in [0.25, 0.3) is 0 Å². The summed E-state index contributed by atoms with van der Waals surface area (Å²) in [7, 11) is 0. The summed E-state index contributed by atoms with van der Waals surface area (Å²) in [5.74, 6) is -0.346. The maximum Gasteiger partial charge on any atom is 0.261 e. The lowest BCUT2D eigenvalue weighted by Crippen LogP contribution is -2.42. The van der Waals surface area contributed by atoms with Gasteiger partial charge in [0, 0.05) is 4.43 Å². The van der Waals surface area contributed by atoms with Crippen molar-refractivity contribution in [3.05, 3.63) is 71.3 Å². The van der Waals surface area contributed by atoms with Crippen molar-refractivity contribution in [2.24, 2.45) is 0 Å². The molecule has 0 radical (unpaired) electrons. The van der Waals surface area contributed by atoms with Gasteiger partial charge in [-0.3, -0.25) is 14.5 Å². The molecule has 0 spiro atoms. The highest BCUT2D eigenvalue weighted by atomic mass is 127. The van der Waals surface area contributed by atoms with E-state index in [4.69, 9.17) is 0 Å². The SMILES string of the molecule is O=C1c2ccccc2C(=O)N1C(CI)Cc1ccccc1. The van der Waals surface area contributed by atoms with Crippen molar-refractivity contribution < 1.29 is 9.59 Å². The molecule has 0 aliphatic carbocycles. The topological polar surface area (TPSA) is 37.4 Å². The monoisotopic (exact) mass is 391 g/mol. The molecule has 0 fully saturated rings. The first-order valence-corrected chi connectivity index (χ1v) is 8.31. The highest BCUT2D eigenvalue weighted by Crippen LogP contribution is 2.26. The van der Waals surface area contributed by atoms with Crippen LogP contribution in [0.4, 0.5) is 0 Å². The van der Waals surface area contributed by atoms with Gasteiger partial charge in [0.05, 0.1) is 17.2 Å². The lowest BCUT2D eigenvalue weighted by Gasteiger charge is -2.24. The van der Waals surface area contributed by atoms with Crippen LogP contribution in [0.3, 0.4) is 0 Å². The van der Waals surface area contributed by atoms with Gasteiger partial charge in [0.1, 0.15) is 0 Å². The van der Waals surface area contributed by atoms with Crippen LogP contribution >= 0.6 is 22.6 Å². The quantitative estimate of drug-likeness (QED) is 0.456. The number of imide groups is 1. The summed E-state index contributed by atoms with van der Waals surface area (Å²) >= 11 is 2.24. The molecule has 2 aromatic rings. The van der Waals surface area contributed by atoms with Gasteiger partial charge in [-0.1, -0.05) is 65.1 Å². The van der Waals surface area contributed by atoms with Crippen LogP contribution in [0, 0.1) is 0 Å². The Bertz CT molecular complexity index is 649. The molecule has 1 aliphatic heterocycles. The average Bonchev–Trinajstić information content (AvgIpc) is 2.78. The van der Waals surface area contributed by atoms with Crippen molar-refractivity contribution in [3.8, 4) is 0 Å². The maximum absolute atomic E-state index is 12.5. The molecule has 0 aromatic heterocycles. The van der Waals surface area contributed by atoms with Crippen molar-refractivity contribution in [2.45, 2.75) is 12.5 Å². The summed E-state index contributed by atoms with van der Waals surface area (Å²) < 4.78 is 0.720. The minimum absolute atomic E-state index is 0.111. The van der Waals surface area contributed by atoms with Crippen molar-refractivity contribution in [1.29, 1.82) is 0 Å². The highest BCUT2D eigenvalue weighted by Gasteiger charge is 2.39. The zero-order chi connectivity index (χ0) is 14.8. The Morgan fingerprint density at radius 2 is 1.38 bits per heavy atom. The van der Waals surface area contributed by atoms with Gasteiger partial charge in [0.25, 0.3) is 11.8 Å². The summed E-state index contributed by atoms with van der Waals surface area (Å²) in [6.45, 7) is 0. The smallest absolute Gasteiger partial charge is 0.261 e. The third-order valence-electron chi connectivity index (χ3n) is 3.68. The van der Waals surface area contributed by atoms with E-state index >= 15 is 0 Å². The van der Waals surface area contributed by atoms with Crippen molar-refractivity contribution in [3.63, 3.8) is 0 Å². The summed E-state index contributed by atoms with van der Waals surface area (Å²) in [4.78, 5) is 26.4. The Balaban J connectivity index is 1.89. The summed E-state index contributed by atoms with van der Waals surface area (Å²) in [5, 5.41) is 0. The lowest BCUT2D eigenvalue weighted by atomic mass is 10.1. The van der Waals surface area contributed by atoms with Crippen molar-refractivity contribution in [2.75, 3.05) is 4.43 Å². The first-order chi connectivity index (χ1) is 10.2. The molecule has 1 atom stereocenters. The Morgan fingerprint density at radius 1 is 0.857 bits per heavy atom. The predicted molar refractivity (Wildman–Crippen MR) is 89.8 cm³/mol. The van der Waals surface area contributed by atoms with Gasteiger partial charge in [0.2, 0.25) is 0 Å². The number of alkyl halides is 1. The fraction of sp³-hybridized carbons (Fsp3) is 0.176. The Kier molecular flexibility index (Phi) is 4.05. The first kappa shape index (κ1) is 14.3. The standard InChI is InChI=1S/C17H14INO2/c18-11-13(10-12-6-2-1-3-7-12)19-16(20)14-8-4-5-9-15(14)17(19)21/h1-9,13H,10-11H2. The summed E-state index contributed by atoms with van der Waals surface area (Å²) in [6.07, 6.45) is 0.690. The van der Waals surface area contributed by atoms with Crippen LogP contribution < -0.4 is 0 Å². The Morgan fingerprint density at radius 3 is 1.90 bits per heavy atom. The van der Waals surface area contributed by atoms with Gasteiger partial charge < -0.3 is 0 Å². The second-order valence-electron chi connectivity index (χ2n) is 5.02. The Hall–Kier alpha value is -1.69. The molecule has 3 rings (SSSR count). The number of rotatable bonds is 4. The van der Waals surface area contributed by atoms with Crippen LogP contribution in [0.2, 0.25) is 0 Å². The average molecular weight is 391 g/mol. The molecular weight excluding hydrogens is 377 g/mol. The number of carbonyl (C=O) groups excluding carboxylic acids is 2. The molecule has 3 nitrogen and oxygen atoms in total. The van der Waals surface area contributed by atoms with Crippen molar-refractivity contribution >= 4 is 34.4 Å². The molecule has 0 bridgehead atoms. The molecule has 0 saturated carbocycles. The number of benzene rings is 2. The van der Waals surface area contributed by atoms with Gasteiger partial charge in [0.15, 0.2) is 0 Å². The Labute approximate surface area is 137 Å². The van der Waals surface area contributed by atoms with E-state index in [1.54, 1.807) is 24.3 Å². The maximum atomic E-state index is 12.5. The number of fused-ring (bicyclic) bond motifs is 1. The second kappa shape index (κ2) is 5.97. The number of amides is 2. The summed E-state index contributed by atoms with van der Waals surface area (Å²) in [5.41, 5.74) is 2.17. The molecule has 106 valence electrons. The molecule has 21 heavy (non-hydrogen) atoms. The molecule has 2 amide bonds. The molecule has 1 aliphatic rings. The summed E-state index contributed by atoms with van der Waals surface area (Å²) in [6, 6.07) is 16.9. The number of halogens is 1. The van der Waals surface area contributed by atoms with Gasteiger partial charge in [-0.15, -0.1) is 0 Å². The number of hydrogen-bond donors (Lipinski definition) is 0. The molecule has 4 heteroatoms. The third kappa shape index (κ3) is 2.60. The number of carbonyl (C=O) groups is 2. The van der Waals surface area contributed by atoms with E-state index in [-0.39, 0.29) is 17.9 Å². The molecule has 0 N–H and O–H groups in total. The van der Waals surface area contributed by atoms with Crippen LogP contribution in [0.15, 0.2) is 54.6 Å². The van der Waals surface area contributed by atoms with Crippen LogP contribution in [-0.4, -0.2) is 27.2 Å². The van der Waals surface area contributed by atoms with Crippen LogP contribution in [-0.2, 0) is 6.42 Å². The molecule has 0 saturated heterocycles. The normalized spacial score (nSPS) is 15.2. The fourth-order valence-electron chi connectivity index (χ4n) is 2.64. The van der Waals surface area contributed by atoms with E-state index in [1.807, 2.05) is 30.3 Å². The molecule has 1 heterocycles. The zero-order valence-corrected chi connectivity index (χ0v) is 13.5. The largest absolute Gasteiger partial charge is 0.270 e. The minimum atomic E-state index is -0.173. The van der Waals surface area contributed by atoms with Gasteiger partial charge in [-0.2, -0.15) is 0 Å². The van der Waals surface area contributed by atoms with Crippen LogP contribution in [0.1, 0.15) is 26.3 Å². The van der Waals surface area contributed by atoms with Crippen LogP contribution in [0.5, 0.6) is 0 Å². The molecular formula is C17H14INO2. The zero-order valence-electron chi connectivity index (χ0n) is 11.3. The van der Waals surface area contributed by atoms with E-state index in [2.05, 4.69) is 22.6 Å². The minimum Gasteiger partial charge on any atom is -0.270 e. The van der Waals surface area contributed by atoms with Crippen molar-refractivity contribution in [1.82, 2.24) is 4.90 Å². The van der Waals surface area contributed by atoms with Gasteiger partial charge in [-0.05, 0) is 24.1 Å². The van der Waals surface area contributed by atoms with E-state index in [0.717, 1.165) is 9.99 Å². The van der Waals surface area contributed by atoms with E-state index in [9.17, 15) is 9.59 Å². The van der Waals surface area contributed by atoms with E-state index < -0.39 is 0 Å². The number of nitrogens with zero attached hydrogens (tertiary/aromatic N) is 1. The fourth-order valence-corrected chi connectivity index (χ4v) is 3.35. The van der Waals surface area contributed by atoms with Gasteiger partial charge >= 0.3 is 0 Å². The molecule has 1 unspecified atom stereocenters. The van der Waals surface area contributed by atoms with E-state index in [0.29, 0.717) is 17.5 Å². The predicted octanol–water partition coefficient (Wildman–Crippen LogP) is 3.33. The lowest BCUT2D eigenvalue weighted by molar-refractivity contribution is 0.0602. The third-order valence-corrected chi connectivity index (χ3v) is 4.70. The molecule has 2 aromatic carbocycles.